The van der Waals surface area contributed by atoms with Gasteiger partial charge in [0, 0.05) is 12.6 Å². The predicted octanol–water partition coefficient (Wildman–Crippen LogP) is 2.20. The third-order valence-corrected chi connectivity index (χ3v) is 2.89. The van der Waals surface area contributed by atoms with E-state index in [0.29, 0.717) is 0 Å². The van der Waals surface area contributed by atoms with E-state index >= 15 is 0 Å². The maximum absolute atomic E-state index is 3.51. The van der Waals surface area contributed by atoms with Gasteiger partial charge in [0.2, 0.25) is 0 Å². The Labute approximate surface area is 69.9 Å². The van der Waals surface area contributed by atoms with Crippen LogP contribution in [0.2, 0.25) is 0 Å². The van der Waals surface area contributed by atoms with E-state index in [1.54, 1.807) is 0 Å². The van der Waals surface area contributed by atoms with Gasteiger partial charge in [0.25, 0.3) is 0 Å². The predicted molar refractivity (Wildman–Crippen MR) is 49.5 cm³/mol. The van der Waals surface area contributed by atoms with Gasteiger partial charge in [0.15, 0.2) is 0 Å². The van der Waals surface area contributed by atoms with Crippen LogP contribution < -0.4 is 5.32 Å². The second kappa shape index (κ2) is 3.91. The molecule has 0 spiro atoms. The molecule has 64 valence electrons. The van der Waals surface area contributed by atoms with Crippen LogP contribution in [0.4, 0.5) is 0 Å². The Bertz CT molecular complexity index is 140. The van der Waals surface area contributed by atoms with Crippen molar-refractivity contribution in [2.75, 3.05) is 6.54 Å². The highest BCUT2D eigenvalue weighted by atomic mass is 14.9. The Hall–Kier alpha value is -0.300. The Balaban J connectivity index is 2.10. The summed E-state index contributed by atoms with van der Waals surface area (Å²) in [7, 11) is 0. The highest BCUT2D eigenvalue weighted by Crippen LogP contribution is 2.33. The molecule has 0 amide bonds. The van der Waals surface area contributed by atoms with Crippen molar-refractivity contribution in [2.24, 2.45) is 11.8 Å². The molecular weight excluding hydrogens is 134 g/mol. The zero-order valence-electron chi connectivity index (χ0n) is 7.80. The molecule has 1 aliphatic rings. The molecule has 1 saturated carbocycles. The molecule has 1 N–H and O–H groups in total. The van der Waals surface area contributed by atoms with Crippen molar-refractivity contribution in [1.29, 1.82) is 0 Å². The maximum Gasteiger partial charge on any atom is 0.0137 e. The Morgan fingerprint density at radius 1 is 1.45 bits per heavy atom. The third-order valence-electron chi connectivity index (χ3n) is 2.89. The van der Waals surface area contributed by atoms with Gasteiger partial charge in [-0.3, -0.25) is 0 Å². The second-order valence-electron chi connectivity index (χ2n) is 3.66. The number of hydrogen-bond donors (Lipinski definition) is 1. The summed E-state index contributed by atoms with van der Waals surface area (Å²) < 4.78 is 0. The van der Waals surface area contributed by atoms with Gasteiger partial charge in [-0.15, -0.1) is 0 Å². The molecule has 0 aromatic heterocycles. The molecule has 0 aliphatic heterocycles. The summed E-state index contributed by atoms with van der Waals surface area (Å²) in [6.45, 7) is 7.77. The van der Waals surface area contributed by atoms with Gasteiger partial charge in [-0.2, -0.15) is 0 Å². The van der Waals surface area contributed by atoms with Crippen molar-refractivity contribution in [3.05, 3.63) is 12.2 Å². The summed E-state index contributed by atoms with van der Waals surface area (Å²) in [4.78, 5) is 0. The minimum atomic E-state index is 0.779. The Morgan fingerprint density at radius 3 is 2.64 bits per heavy atom. The lowest BCUT2D eigenvalue weighted by Crippen LogP contribution is -2.47. The van der Waals surface area contributed by atoms with Crippen LogP contribution in [0.1, 0.15) is 27.2 Å². The lowest BCUT2D eigenvalue weighted by molar-refractivity contribution is 0.142. The quantitative estimate of drug-likeness (QED) is 0.613. The van der Waals surface area contributed by atoms with Crippen molar-refractivity contribution in [1.82, 2.24) is 5.32 Å². The fraction of sp³-hybridized carbons (Fsp3) is 0.800. The summed E-state index contributed by atoms with van der Waals surface area (Å²) in [6.07, 6.45) is 5.63. The monoisotopic (exact) mass is 153 g/mol. The molecule has 1 nitrogen and oxygen atoms in total. The van der Waals surface area contributed by atoms with E-state index in [1.807, 2.05) is 0 Å². The lowest BCUT2D eigenvalue weighted by Gasteiger charge is -2.41. The van der Waals surface area contributed by atoms with Crippen LogP contribution in [0, 0.1) is 11.8 Å². The Morgan fingerprint density at radius 2 is 2.18 bits per heavy atom. The van der Waals surface area contributed by atoms with Crippen LogP contribution in [0.15, 0.2) is 12.2 Å². The van der Waals surface area contributed by atoms with E-state index in [9.17, 15) is 0 Å². The molecule has 0 aromatic rings. The molecule has 1 fully saturated rings. The zero-order chi connectivity index (χ0) is 8.27. The minimum Gasteiger partial charge on any atom is -0.310 e. The van der Waals surface area contributed by atoms with Gasteiger partial charge in [-0.05, 0) is 25.2 Å². The highest BCUT2D eigenvalue weighted by Gasteiger charge is 2.33. The molecule has 1 heteroatoms. The van der Waals surface area contributed by atoms with Gasteiger partial charge in [0.1, 0.15) is 0 Å². The Kier molecular flexibility index (Phi) is 3.13. The molecule has 0 bridgehead atoms. The number of rotatable bonds is 3. The first-order valence-corrected chi connectivity index (χ1v) is 4.60. The summed E-state index contributed by atoms with van der Waals surface area (Å²) in [5, 5.41) is 3.51. The van der Waals surface area contributed by atoms with Gasteiger partial charge < -0.3 is 5.32 Å². The van der Waals surface area contributed by atoms with Crippen LogP contribution in [0.3, 0.4) is 0 Å². The van der Waals surface area contributed by atoms with Crippen LogP contribution in [-0.4, -0.2) is 12.6 Å². The van der Waals surface area contributed by atoms with Crippen LogP contribution in [0.25, 0.3) is 0 Å². The van der Waals surface area contributed by atoms with E-state index in [0.717, 1.165) is 24.4 Å². The summed E-state index contributed by atoms with van der Waals surface area (Å²) in [6, 6.07) is 0.779. The number of nitrogens with one attached hydrogen (secondary N) is 1. The average Bonchev–Trinajstić information content (AvgIpc) is 2.03. The van der Waals surface area contributed by atoms with E-state index < -0.39 is 0 Å². The lowest BCUT2D eigenvalue weighted by atomic mass is 9.71. The molecule has 0 aromatic carbocycles. The average molecular weight is 153 g/mol. The smallest absolute Gasteiger partial charge is 0.0137 e. The van der Waals surface area contributed by atoms with Gasteiger partial charge in [-0.25, -0.2) is 0 Å². The first kappa shape index (κ1) is 8.79. The molecule has 3 unspecified atom stereocenters. The second-order valence-corrected chi connectivity index (χ2v) is 3.66. The van der Waals surface area contributed by atoms with Crippen molar-refractivity contribution < 1.29 is 0 Å². The summed E-state index contributed by atoms with van der Waals surface area (Å²) in [5.74, 6) is 1.80. The van der Waals surface area contributed by atoms with Crippen molar-refractivity contribution in [3.63, 3.8) is 0 Å². The van der Waals surface area contributed by atoms with E-state index in [4.69, 9.17) is 0 Å². The van der Waals surface area contributed by atoms with Crippen molar-refractivity contribution in [3.8, 4) is 0 Å². The maximum atomic E-state index is 3.51. The summed E-state index contributed by atoms with van der Waals surface area (Å²) in [5.41, 5.74) is 0. The molecule has 1 aliphatic carbocycles. The summed E-state index contributed by atoms with van der Waals surface area (Å²) >= 11 is 0. The highest BCUT2D eigenvalue weighted by molar-refractivity contribution is 4.91. The standard InChI is InChI=1S/C10H19N/c1-4-5-6-11-10-7-8(2)9(10)3/h4-5,8-11H,6-7H2,1-3H3/b5-4+. The van der Waals surface area contributed by atoms with Gasteiger partial charge in [0.05, 0.1) is 0 Å². The first-order chi connectivity index (χ1) is 5.25. The topological polar surface area (TPSA) is 12.0 Å². The number of hydrogen-bond acceptors (Lipinski definition) is 1. The zero-order valence-corrected chi connectivity index (χ0v) is 7.80. The molecule has 0 radical (unpaired) electrons. The molecule has 0 heterocycles. The SMILES string of the molecule is C/C=C/CNC1CC(C)C1C. The normalized spacial score (nSPS) is 37.5. The van der Waals surface area contributed by atoms with Crippen molar-refractivity contribution in [2.45, 2.75) is 33.2 Å². The molecule has 11 heavy (non-hydrogen) atoms. The fourth-order valence-corrected chi connectivity index (χ4v) is 1.64. The molecule has 0 saturated heterocycles. The van der Waals surface area contributed by atoms with Crippen LogP contribution in [-0.2, 0) is 0 Å². The molecular formula is C10H19N. The number of allylic oxidation sites excluding steroid dienone is 1. The van der Waals surface area contributed by atoms with E-state index in [-0.39, 0.29) is 0 Å². The van der Waals surface area contributed by atoms with E-state index in [1.165, 1.54) is 6.42 Å². The van der Waals surface area contributed by atoms with E-state index in [2.05, 4.69) is 38.2 Å². The van der Waals surface area contributed by atoms with Gasteiger partial charge in [-0.1, -0.05) is 26.0 Å². The fourth-order valence-electron chi connectivity index (χ4n) is 1.64. The van der Waals surface area contributed by atoms with Gasteiger partial charge >= 0.3 is 0 Å². The molecule has 3 atom stereocenters. The molecule has 1 rings (SSSR count). The largest absolute Gasteiger partial charge is 0.310 e. The minimum absolute atomic E-state index is 0.779. The first-order valence-electron chi connectivity index (χ1n) is 4.60. The van der Waals surface area contributed by atoms with Crippen molar-refractivity contribution >= 4 is 0 Å². The van der Waals surface area contributed by atoms with Crippen LogP contribution in [0.5, 0.6) is 0 Å². The third kappa shape index (κ3) is 2.06. The van der Waals surface area contributed by atoms with Crippen LogP contribution >= 0.6 is 0 Å².